The molecule has 6 nitrogen and oxygen atoms in total. The summed E-state index contributed by atoms with van der Waals surface area (Å²) in [4.78, 5) is 38.1. The summed E-state index contributed by atoms with van der Waals surface area (Å²) in [5, 5.41) is 0. The number of esters is 3. The molecule has 0 aromatic rings. The molecule has 1 unspecified atom stereocenters. The van der Waals surface area contributed by atoms with Gasteiger partial charge in [-0.1, -0.05) is 269 Å². The van der Waals surface area contributed by atoms with Crippen LogP contribution in [0.4, 0.5) is 0 Å². The topological polar surface area (TPSA) is 78.9 Å². The van der Waals surface area contributed by atoms with Crippen molar-refractivity contribution in [2.75, 3.05) is 13.2 Å². The van der Waals surface area contributed by atoms with Crippen LogP contribution in [0.1, 0.15) is 310 Å². The number of rotatable bonds is 53. The van der Waals surface area contributed by atoms with Crippen molar-refractivity contribution in [3.63, 3.8) is 0 Å². The fourth-order valence-corrected chi connectivity index (χ4v) is 8.51. The molecule has 0 saturated carbocycles. The number of carbonyl (C=O) groups excluding carboxylic acids is 3. The number of hydrogen-bond acceptors (Lipinski definition) is 6. The van der Waals surface area contributed by atoms with Crippen LogP contribution in [0.3, 0.4) is 0 Å². The first-order valence-corrected chi connectivity index (χ1v) is 29.0. The molecule has 0 N–H and O–H groups in total. The van der Waals surface area contributed by atoms with Crippen LogP contribution < -0.4 is 0 Å². The molecule has 0 radical (unpaired) electrons. The third-order valence-electron chi connectivity index (χ3n) is 12.9. The molecule has 0 heterocycles. The minimum atomic E-state index is -0.773. The highest BCUT2D eigenvalue weighted by atomic mass is 16.6. The second-order valence-corrected chi connectivity index (χ2v) is 19.6. The average molecular weight is 928 g/mol. The van der Waals surface area contributed by atoms with Gasteiger partial charge < -0.3 is 14.2 Å². The first kappa shape index (κ1) is 63.6. The van der Waals surface area contributed by atoms with E-state index in [1.807, 2.05) is 0 Å². The van der Waals surface area contributed by atoms with Crippen LogP contribution in [0.15, 0.2) is 36.5 Å². The molecular formula is C60H110O6. The van der Waals surface area contributed by atoms with Crippen molar-refractivity contribution >= 4 is 17.9 Å². The Balaban J connectivity index is 4.33. The summed E-state index contributed by atoms with van der Waals surface area (Å²) in [7, 11) is 0. The zero-order valence-corrected chi connectivity index (χ0v) is 44.2. The van der Waals surface area contributed by atoms with E-state index in [1.165, 1.54) is 193 Å². The van der Waals surface area contributed by atoms with E-state index in [9.17, 15) is 14.4 Å². The lowest BCUT2D eigenvalue weighted by Crippen LogP contribution is -2.30. The van der Waals surface area contributed by atoms with E-state index >= 15 is 0 Å². The lowest BCUT2D eigenvalue weighted by Gasteiger charge is -2.18. The van der Waals surface area contributed by atoms with Crippen LogP contribution in [0.2, 0.25) is 0 Å². The molecular weight excluding hydrogens is 817 g/mol. The molecule has 66 heavy (non-hydrogen) atoms. The molecule has 0 saturated heterocycles. The predicted molar refractivity (Wildman–Crippen MR) is 284 cm³/mol. The van der Waals surface area contributed by atoms with Crippen molar-refractivity contribution in [2.24, 2.45) is 0 Å². The van der Waals surface area contributed by atoms with Gasteiger partial charge in [0.2, 0.25) is 0 Å². The summed E-state index contributed by atoms with van der Waals surface area (Å²) >= 11 is 0. The molecule has 6 heteroatoms. The monoisotopic (exact) mass is 927 g/mol. The maximum absolute atomic E-state index is 12.8. The smallest absolute Gasteiger partial charge is 0.306 e. The van der Waals surface area contributed by atoms with Gasteiger partial charge in [0, 0.05) is 19.3 Å². The molecule has 0 rings (SSSR count). The van der Waals surface area contributed by atoms with Gasteiger partial charge in [0.25, 0.3) is 0 Å². The molecule has 0 spiro atoms. The Bertz CT molecular complexity index is 1110. The largest absolute Gasteiger partial charge is 0.462 e. The number of allylic oxidation sites excluding steroid dienone is 6. The quantitative estimate of drug-likeness (QED) is 0.0262. The Hall–Kier alpha value is -2.37. The van der Waals surface area contributed by atoms with E-state index in [0.29, 0.717) is 19.3 Å². The summed E-state index contributed by atoms with van der Waals surface area (Å²) < 4.78 is 16.9. The molecule has 0 aromatic carbocycles. The predicted octanol–water partition coefficient (Wildman–Crippen LogP) is 19.3. The van der Waals surface area contributed by atoms with Crippen LogP contribution >= 0.6 is 0 Å². The standard InChI is InChI=1S/C60H110O6/c1-4-7-10-13-16-19-22-25-27-29-30-32-33-35-38-41-44-47-50-53-59(62)65-56-57(55-64-58(61)52-49-46-43-40-37-24-21-18-15-12-9-6-3)66-60(63)54-51-48-45-42-39-36-34-31-28-26-23-20-17-14-11-8-5-2/h16,19,25,27,30,32,57H,4-15,17-18,20-24,26,28-29,31,33-56H2,1-3H3/b19-16-,27-25-,32-30-. The van der Waals surface area contributed by atoms with Gasteiger partial charge in [-0.15, -0.1) is 0 Å². The fourth-order valence-electron chi connectivity index (χ4n) is 8.51. The summed E-state index contributed by atoms with van der Waals surface area (Å²) in [5.74, 6) is -0.866. The van der Waals surface area contributed by atoms with Crippen LogP contribution in [-0.2, 0) is 28.6 Å². The highest BCUT2D eigenvalue weighted by molar-refractivity contribution is 5.71. The highest BCUT2D eigenvalue weighted by Gasteiger charge is 2.19. The van der Waals surface area contributed by atoms with Crippen LogP contribution in [0.5, 0.6) is 0 Å². The van der Waals surface area contributed by atoms with Gasteiger partial charge in [-0.05, 0) is 57.8 Å². The molecule has 0 fully saturated rings. The van der Waals surface area contributed by atoms with Crippen molar-refractivity contribution in [1.82, 2.24) is 0 Å². The van der Waals surface area contributed by atoms with Gasteiger partial charge in [-0.3, -0.25) is 14.4 Å². The molecule has 0 bridgehead atoms. The Morgan fingerprint density at radius 3 is 0.879 bits per heavy atom. The van der Waals surface area contributed by atoms with Crippen molar-refractivity contribution in [3.8, 4) is 0 Å². The Labute approximate surface area is 410 Å². The highest BCUT2D eigenvalue weighted by Crippen LogP contribution is 2.17. The van der Waals surface area contributed by atoms with E-state index in [-0.39, 0.29) is 31.1 Å². The number of carbonyl (C=O) groups is 3. The third-order valence-corrected chi connectivity index (χ3v) is 12.9. The van der Waals surface area contributed by atoms with E-state index < -0.39 is 6.10 Å². The van der Waals surface area contributed by atoms with E-state index in [4.69, 9.17) is 14.2 Å². The maximum Gasteiger partial charge on any atom is 0.306 e. The molecule has 0 aromatic heterocycles. The Kier molecular flexibility index (Phi) is 53.2. The van der Waals surface area contributed by atoms with Crippen molar-refractivity contribution < 1.29 is 28.6 Å². The number of hydrogen-bond donors (Lipinski definition) is 0. The Morgan fingerprint density at radius 2 is 0.545 bits per heavy atom. The van der Waals surface area contributed by atoms with Crippen LogP contribution in [0, 0.1) is 0 Å². The summed E-state index contributed by atoms with van der Waals surface area (Å²) in [6, 6.07) is 0. The van der Waals surface area contributed by atoms with Gasteiger partial charge in [0.05, 0.1) is 0 Å². The molecule has 0 aliphatic carbocycles. The van der Waals surface area contributed by atoms with Crippen molar-refractivity contribution in [1.29, 1.82) is 0 Å². The molecule has 386 valence electrons. The molecule has 0 aliphatic rings. The van der Waals surface area contributed by atoms with Crippen molar-refractivity contribution in [2.45, 2.75) is 316 Å². The lowest BCUT2D eigenvalue weighted by molar-refractivity contribution is -0.167. The van der Waals surface area contributed by atoms with E-state index in [1.54, 1.807) is 0 Å². The minimum absolute atomic E-state index is 0.0715. The maximum atomic E-state index is 12.8. The molecule has 0 aliphatic heterocycles. The lowest BCUT2D eigenvalue weighted by atomic mass is 10.0. The first-order valence-electron chi connectivity index (χ1n) is 29.0. The number of unbranched alkanes of at least 4 members (excludes halogenated alkanes) is 36. The van der Waals surface area contributed by atoms with Gasteiger partial charge >= 0.3 is 17.9 Å². The van der Waals surface area contributed by atoms with Crippen LogP contribution in [-0.4, -0.2) is 37.2 Å². The van der Waals surface area contributed by atoms with E-state index in [0.717, 1.165) is 77.0 Å². The van der Waals surface area contributed by atoms with E-state index in [2.05, 4.69) is 57.2 Å². The van der Waals surface area contributed by atoms with Crippen molar-refractivity contribution in [3.05, 3.63) is 36.5 Å². The fraction of sp³-hybridized carbons (Fsp3) is 0.850. The second kappa shape index (κ2) is 55.2. The van der Waals surface area contributed by atoms with Gasteiger partial charge in [-0.25, -0.2) is 0 Å². The van der Waals surface area contributed by atoms with Gasteiger partial charge in [-0.2, -0.15) is 0 Å². The van der Waals surface area contributed by atoms with Crippen LogP contribution in [0.25, 0.3) is 0 Å². The summed E-state index contributed by atoms with van der Waals surface area (Å²) in [6.45, 7) is 6.64. The summed E-state index contributed by atoms with van der Waals surface area (Å²) in [6.07, 6.45) is 65.6. The average Bonchev–Trinajstić information content (AvgIpc) is 3.31. The zero-order chi connectivity index (χ0) is 47.9. The SMILES string of the molecule is CCCCC/C=C\C/C=C\C/C=C\CCCCCCCCC(=O)OCC(COC(=O)CCCCCCCCCCCCCC)OC(=O)CCCCCCCCCCCCCCCCCCC. The normalized spacial score (nSPS) is 12.2. The minimum Gasteiger partial charge on any atom is -0.462 e. The molecule has 1 atom stereocenters. The first-order chi connectivity index (χ1) is 32.5. The third kappa shape index (κ3) is 52.6. The number of ether oxygens (including phenoxy) is 3. The van der Waals surface area contributed by atoms with Gasteiger partial charge in [0.15, 0.2) is 6.10 Å². The summed E-state index contributed by atoms with van der Waals surface area (Å²) in [5.41, 5.74) is 0. The second-order valence-electron chi connectivity index (χ2n) is 19.6. The Morgan fingerprint density at radius 1 is 0.303 bits per heavy atom. The zero-order valence-electron chi connectivity index (χ0n) is 44.2. The van der Waals surface area contributed by atoms with Gasteiger partial charge in [0.1, 0.15) is 13.2 Å². The molecule has 0 amide bonds.